The van der Waals surface area contributed by atoms with Gasteiger partial charge < -0.3 is 24.0 Å². The first-order valence-electron chi connectivity index (χ1n) is 6.66. The number of thioether (sulfide) groups is 1. The van der Waals surface area contributed by atoms with Crippen molar-refractivity contribution in [2.24, 2.45) is 0 Å². The molecule has 6 heteroatoms. The van der Waals surface area contributed by atoms with Crippen LogP contribution in [0.4, 0.5) is 0 Å². The number of aromatic nitrogens is 4. The minimum absolute atomic E-state index is 0. The highest BCUT2D eigenvalue weighted by molar-refractivity contribution is 7.98. The van der Waals surface area contributed by atoms with E-state index < -0.39 is 0 Å². The topological polar surface area (TPSA) is 34.1 Å². The fraction of sp³-hybridized carbons (Fsp3) is 0.0625. The van der Waals surface area contributed by atoms with Crippen molar-refractivity contribution in [3.63, 3.8) is 0 Å². The lowest BCUT2D eigenvalue weighted by Gasteiger charge is -2.01. The van der Waals surface area contributed by atoms with Crippen LogP contribution in [0.25, 0.3) is 22.2 Å². The third-order valence-electron chi connectivity index (χ3n) is 3.46. The summed E-state index contributed by atoms with van der Waals surface area (Å²) in [4.78, 5) is 4.47. The van der Waals surface area contributed by atoms with Gasteiger partial charge in [0, 0.05) is 0 Å². The zero-order chi connectivity index (χ0) is 14.2. The molecule has 0 aliphatic heterocycles. The largest absolute Gasteiger partial charge is 1.00 e. The van der Waals surface area contributed by atoms with Crippen molar-refractivity contribution in [3.05, 3.63) is 60.9 Å². The number of nitrogens with zero attached hydrogens (tertiary/aromatic N) is 4. The van der Waals surface area contributed by atoms with E-state index in [2.05, 4.69) is 32.8 Å². The predicted molar refractivity (Wildman–Crippen MR) is 83.8 cm³/mol. The van der Waals surface area contributed by atoms with Gasteiger partial charge in [-0.2, -0.15) is 4.57 Å². The second-order valence-electron chi connectivity index (χ2n) is 4.69. The van der Waals surface area contributed by atoms with E-state index in [1.165, 1.54) is 0 Å². The first-order chi connectivity index (χ1) is 10.4. The molecule has 0 bridgehead atoms. The minimum Gasteiger partial charge on any atom is -1.00 e. The molecule has 2 aromatic heterocycles. The third kappa shape index (κ3) is 2.36. The van der Waals surface area contributed by atoms with Gasteiger partial charge in [-0.3, -0.25) is 0 Å². The molecule has 4 nitrogen and oxygen atoms in total. The first-order valence-corrected chi connectivity index (χ1v) is 7.88. The Morgan fingerprint density at radius 1 is 1.00 bits per heavy atom. The maximum absolute atomic E-state index is 4.64. The summed E-state index contributed by atoms with van der Waals surface area (Å²) >= 11 is 1.63. The lowest BCUT2D eigenvalue weighted by Crippen LogP contribution is -3.00. The van der Waals surface area contributed by atoms with Crippen LogP contribution in [-0.4, -0.2) is 20.9 Å². The Bertz CT molecular complexity index is 937. The van der Waals surface area contributed by atoms with Crippen molar-refractivity contribution in [2.75, 3.05) is 6.26 Å². The summed E-state index contributed by atoms with van der Waals surface area (Å²) in [5, 5.41) is 6.68. The summed E-state index contributed by atoms with van der Waals surface area (Å²) in [6, 6.07) is 18.4. The molecule has 0 radical (unpaired) electrons. The molecule has 2 aromatic carbocycles. The maximum atomic E-state index is 4.64. The van der Waals surface area contributed by atoms with Gasteiger partial charge in [0.15, 0.2) is 6.33 Å². The molecule has 4 rings (SSSR count). The van der Waals surface area contributed by atoms with E-state index in [-0.39, 0.29) is 24.0 Å². The van der Waals surface area contributed by atoms with Crippen molar-refractivity contribution in [3.8, 4) is 5.69 Å². The van der Waals surface area contributed by atoms with Crippen LogP contribution in [0.3, 0.4) is 0 Å². The zero-order valence-electron chi connectivity index (χ0n) is 11.8. The Labute approximate surface area is 149 Å². The average molecular weight is 420 g/mol. The van der Waals surface area contributed by atoms with Gasteiger partial charge in [-0.1, -0.05) is 46.6 Å². The molecule has 0 fully saturated rings. The monoisotopic (exact) mass is 420 g/mol. The quantitative estimate of drug-likeness (QED) is 0.258. The van der Waals surface area contributed by atoms with E-state index in [0.717, 1.165) is 27.4 Å². The number of benzene rings is 2. The Kier molecular flexibility index (Phi) is 4.30. The molecule has 0 saturated heterocycles. The van der Waals surface area contributed by atoms with Crippen molar-refractivity contribution >= 4 is 28.3 Å². The molecule has 2 heterocycles. The molecule has 0 atom stereocenters. The smallest absolute Gasteiger partial charge is 0.342 e. The molecule has 0 aliphatic carbocycles. The van der Waals surface area contributed by atoms with E-state index in [0.29, 0.717) is 0 Å². The highest BCUT2D eigenvalue weighted by Crippen LogP contribution is 2.19. The van der Waals surface area contributed by atoms with Gasteiger partial charge >= 0.3 is 5.16 Å². The summed E-state index contributed by atoms with van der Waals surface area (Å²) in [6.07, 6.45) is 3.81. The number of fused-ring (bicyclic) bond motifs is 3. The number of hydrogen-bond acceptors (Lipinski definition) is 3. The van der Waals surface area contributed by atoms with Crippen LogP contribution in [0.5, 0.6) is 0 Å². The van der Waals surface area contributed by atoms with Gasteiger partial charge in [0.05, 0.1) is 16.0 Å². The Morgan fingerprint density at radius 2 is 1.73 bits per heavy atom. The van der Waals surface area contributed by atoms with Crippen LogP contribution >= 0.6 is 11.8 Å². The minimum atomic E-state index is 0. The van der Waals surface area contributed by atoms with Crippen LogP contribution in [0.15, 0.2) is 66.1 Å². The number of halogens is 1. The summed E-state index contributed by atoms with van der Waals surface area (Å²) in [5.74, 6) is 0. The predicted octanol–water partition coefficient (Wildman–Crippen LogP) is -0.115. The van der Waals surface area contributed by atoms with Crippen molar-refractivity contribution in [1.82, 2.24) is 14.6 Å². The van der Waals surface area contributed by atoms with Gasteiger partial charge in [-0.05, 0) is 30.5 Å². The van der Waals surface area contributed by atoms with Gasteiger partial charge in [0.25, 0.3) is 5.65 Å². The molecule has 0 unspecified atom stereocenters. The number of hydrogen-bond donors (Lipinski definition) is 0. The second-order valence-corrected chi connectivity index (χ2v) is 5.46. The SMILES string of the molecule is CSc1nn2cnc3ccccc3c2[n+]1-c1ccccc1.[I-]. The Hall–Kier alpha value is -1.67. The van der Waals surface area contributed by atoms with Crippen molar-refractivity contribution < 1.29 is 28.5 Å². The van der Waals surface area contributed by atoms with Gasteiger partial charge in [0.1, 0.15) is 5.69 Å². The van der Waals surface area contributed by atoms with Crippen molar-refractivity contribution in [2.45, 2.75) is 5.16 Å². The summed E-state index contributed by atoms with van der Waals surface area (Å²) in [6.45, 7) is 0. The molecular formula is C16H13IN4S. The molecule has 0 N–H and O–H groups in total. The number of para-hydroxylation sites is 2. The molecule has 0 aliphatic rings. The molecular weight excluding hydrogens is 407 g/mol. The van der Waals surface area contributed by atoms with Gasteiger partial charge in [-0.25, -0.2) is 4.98 Å². The molecule has 0 spiro atoms. The van der Waals surface area contributed by atoms with E-state index in [4.69, 9.17) is 0 Å². The Balaban J connectivity index is 0.00000144. The maximum Gasteiger partial charge on any atom is 0.342 e. The van der Waals surface area contributed by atoms with E-state index in [1.807, 2.05) is 47.2 Å². The highest BCUT2D eigenvalue weighted by Gasteiger charge is 2.23. The molecule has 4 aromatic rings. The lowest BCUT2D eigenvalue weighted by molar-refractivity contribution is -0.609. The average Bonchev–Trinajstić information content (AvgIpc) is 2.94. The molecule has 0 amide bonds. The van der Waals surface area contributed by atoms with Crippen LogP contribution in [0.2, 0.25) is 0 Å². The summed E-state index contributed by atoms with van der Waals surface area (Å²) < 4.78 is 4.02. The summed E-state index contributed by atoms with van der Waals surface area (Å²) in [5.41, 5.74) is 3.12. The molecule has 0 saturated carbocycles. The normalized spacial score (nSPS) is 10.8. The van der Waals surface area contributed by atoms with E-state index in [1.54, 1.807) is 18.1 Å². The highest BCUT2D eigenvalue weighted by atomic mass is 127. The Morgan fingerprint density at radius 3 is 2.50 bits per heavy atom. The zero-order valence-corrected chi connectivity index (χ0v) is 14.8. The third-order valence-corrected chi connectivity index (χ3v) is 4.09. The van der Waals surface area contributed by atoms with E-state index >= 15 is 0 Å². The van der Waals surface area contributed by atoms with Crippen LogP contribution < -0.4 is 28.5 Å². The van der Waals surface area contributed by atoms with Crippen molar-refractivity contribution in [1.29, 1.82) is 0 Å². The van der Waals surface area contributed by atoms with Crippen LogP contribution in [0, 0.1) is 0 Å². The fourth-order valence-corrected chi connectivity index (χ4v) is 3.08. The summed E-state index contributed by atoms with van der Waals surface area (Å²) in [7, 11) is 0. The lowest BCUT2D eigenvalue weighted by atomic mass is 10.2. The standard InChI is InChI=1S/C16H13N4S.HI/c1-21-16-18-19-11-17-14-10-6-5-9-13(14)15(19)20(16)12-7-3-2-4-8-12;/h2-11H,1H3;1H/q+1;/p-1. The van der Waals surface area contributed by atoms with Crippen LogP contribution in [0.1, 0.15) is 0 Å². The van der Waals surface area contributed by atoms with E-state index in [9.17, 15) is 0 Å². The second kappa shape index (κ2) is 6.21. The molecule has 110 valence electrons. The van der Waals surface area contributed by atoms with Gasteiger partial charge in [-0.15, -0.1) is 0 Å². The van der Waals surface area contributed by atoms with Crippen LogP contribution in [-0.2, 0) is 0 Å². The number of rotatable bonds is 2. The fourth-order valence-electron chi connectivity index (χ4n) is 2.54. The van der Waals surface area contributed by atoms with Gasteiger partial charge in [0.2, 0.25) is 0 Å². The first kappa shape index (κ1) is 15.2. The molecule has 22 heavy (non-hydrogen) atoms.